The summed E-state index contributed by atoms with van der Waals surface area (Å²) in [6.45, 7) is 3.74. The predicted octanol–water partition coefficient (Wildman–Crippen LogP) is 1.40. The van der Waals surface area contributed by atoms with Crippen molar-refractivity contribution in [2.45, 2.75) is 32.2 Å². The van der Waals surface area contributed by atoms with E-state index in [2.05, 4.69) is 16.7 Å². The van der Waals surface area contributed by atoms with Gasteiger partial charge in [-0.3, -0.25) is 9.59 Å². The Labute approximate surface area is 124 Å². The highest BCUT2D eigenvalue weighted by Gasteiger charge is 2.29. The molecule has 2 aliphatic rings. The second-order valence-corrected chi connectivity index (χ2v) is 5.81. The Balaban J connectivity index is 1.76. The number of nitrogens with one attached hydrogen (secondary N) is 2. The number of hydrogen-bond donors (Lipinski definition) is 2. The van der Waals surface area contributed by atoms with Crippen molar-refractivity contribution in [3.63, 3.8) is 0 Å². The first kappa shape index (κ1) is 13.9. The number of anilines is 1. The van der Waals surface area contributed by atoms with Gasteiger partial charge in [0.1, 0.15) is 0 Å². The Hall–Kier alpha value is -2.04. The summed E-state index contributed by atoms with van der Waals surface area (Å²) in [6.07, 6.45) is 2.96. The van der Waals surface area contributed by atoms with Gasteiger partial charge in [0.15, 0.2) is 0 Å². The maximum absolute atomic E-state index is 12.7. The lowest BCUT2D eigenvalue weighted by atomic mass is 9.99. The molecule has 1 atom stereocenters. The highest BCUT2D eigenvalue weighted by molar-refractivity contribution is 6.00. The third kappa shape index (κ3) is 2.86. The minimum absolute atomic E-state index is 0.0342. The van der Waals surface area contributed by atoms with Crippen LogP contribution in [0.3, 0.4) is 0 Å². The number of carbonyl (C=O) groups excluding carboxylic acids is 2. The molecule has 1 unspecified atom stereocenters. The summed E-state index contributed by atoms with van der Waals surface area (Å²) in [4.78, 5) is 25.7. The van der Waals surface area contributed by atoms with Gasteiger partial charge in [-0.2, -0.15) is 0 Å². The minimum Gasteiger partial charge on any atom is -0.384 e. The number of amides is 2. The predicted molar refractivity (Wildman–Crippen MR) is 81.4 cm³/mol. The van der Waals surface area contributed by atoms with Gasteiger partial charge in [-0.25, -0.2) is 0 Å². The average molecular weight is 287 g/mol. The smallest absolute Gasteiger partial charge is 0.256 e. The molecule has 5 heteroatoms. The van der Waals surface area contributed by atoms with Crippen molar-refractivity contribution < 1.29 is 9.59 Å². The summed E-state index contributed by atoms with van der Waals surface area (Å²) < 4.78 is 0. The maximum Gasteiger partial charge on any atom is 0.256 e. The van der Waals surface area contributed by atoms with Gasteiger partial charge in [0, 0.05) is 32.6 Å². The van der Waals surface area contributed by atoms with Crippen LogP contribution in [0.25, 0.3) is 0 Å². The fourth-order valence-electron chi connectivity index (χ4n) is 3.21. The zero-order chi connectivity index (χ0) is 14.8. The molecular formula is C16H21N3O2. The van der Waals surface area contributed by atoms with Gasteiger partial charge in [-0.05, 0) is 30.9 Å². The van der Waals surface area contributed by atoms with E-state index in [9.17, 15) is 9.59 Å². The molecule has 1 fully saturated rings. The highest BCUT2D eigenvalue weighted by atomic mass is 16.2. The quantitative estimate of drug-likeness (QED) is 0.864. The van der Waals surface area contributed by atoms with E-state index in [0.29, 0.717) is 13.1 Å². The monoisotopic (exact) mass is 287 g/mol. The van der Waals surface area contributed by atoms with Crippen molar-refractivity contribution in [2.24, 2.45) is 0 Å². The Morgan fingerprint density at radius 1 is 1.38 bits per heavy atom. The number of hydrogen-bond acceptors (Lipinski definition) is 3. The largest absolute Gasteiger partial charge is 0.384 e. The molecular weight excluding hydrogens is 266 g/mol. The van der Waals surface area contributed by atoms with E-state index >= 15 is 0 Å². The van der Waals surface area contributed by atoms with E-state index in [1.54, 1.807) is 0 Å². The Morgan fingerprint density at radius 3 is 3.05 bits per heavy atom. The number of fused-ring (bicyclic) bond motifs is 1. The first-order valence-corrected chi connectivity index (χ1v) is 7.57. The zero-order valence-electron chi connectivity index (χ0n) is 12.3. The van der Waals surface area contributed by atoms with Gasteiger partial charge in [0.25, 0.3) is 5.91 Å². The topological polar surface area (TPSA) is 61.4 Å². The van der Waals surface area contributed by atoms with Crippen LogP contribution in [-0.4, -0.2) is 42.4 Å². The van der Waals surface area contributed by atoms with E-state index in [1.165, 1.54) is 12.5 Å². The van der Waals surface area contributed by atoms with Gasteiger partial charge in [-0.1, -0.05) is 12.1 Å². The molecule has 0 spiro atoms. The molecule has 112 valence electrons. The molecule has 2 N–H and O–H groups in total. The molecule has 0 bridgehead atoms. The van der Waals surface area contributed by atoms with Crippen LogP contribution < -0.4 is 10.6 Å². The molecule has 2 amide bonds. The molecule has 0 radical (unpaired) electrons. The average Bonchev–Trinajstić information content (AvgIpc) is 2.93. The summed E-state index contributed by atoms with van der Waals surface area (Å²) in [5.41, 5.74) is 2.98. The summed E-state index contributed by atoms with van der Waals surface area (Å²) in [5.74, 6) is 0.0298. The number of nitrogens with zero attached hydrogens (tertiary/aromatic N) is 1. The number of carbonyl (C=O) groups is 2. The van der Waals surface area contributed by atoms with Crippen LogP contribution in [0.4, 0.5) is 5.69 Å². The first-order chi connectivity index (χ1) is 10.1. The molecule has 0 aromatic heterocycles. The summed E-state index contributed by atoms with van der Waals surface area (Å²) >= 11 is 0. The van der Waals surface area contributed by atoms with Crippen LogP contribution in [0.15, 0.2) is 18.2 Å². The summed E-state index contributed by atoms with van der Waals surface area (Å²) in [6, 6.07) is 6.02. The van der Waals surface area contributed by atoms with Gasteiger partial charge in [-0.15, -0.1) is 0 Å². The SMILES string of the molecule is CC(=O)NC1CCN(C(=O)c2cccc3c2NCCC3)C1. The van der Waals surface area contributed by atoms with E-state index < -0.39 is 0 Å². The van der Waals surface area contributed by atoms with Crippen LogP contribution in [0.1, 0.15) is 35.7 Å². The van der Waals surface area contributed by atoms with Crippen molar-refractivity contribution in [3.05, 3.63) is 29.3 Å². The van der Waals surface area contributed by atoms with Crippen LogP contribution in [0, 0.1) is 0 Å². The minimum atomic E-state index is -0.0342. The second-order valence-electron chi connectivity index (χ2n) is 5.81. The lowest BCUT2D eigenvalue weighted by Gasteiger charge is -2.23. The number of para-hydroxylation sites is 1. The number of aryl methyl sites for hydroxylation is 1. The maximum atomic E-state index is 12.7. The van der Waals surface area contributed by atoms with Crippen LogP contribution >= 0.6 is 0 Å². The molecule has 0 aliphatic carbocycles. The Bertz CT molecular complexity index is 571. The number of rotatable bonds is 2. The van der Waals surface area contributed by atoms with Crippen molar-refractivity contribution in [1.29, 1.82) is 0 Å². The molecule has 21 heavy (non-hydrogen) atoms. The molecule has 5 nitrogen and oxygen atoms in total. The zero-order valence-corrected chi connectivity index (χ0v) is 12.3. The molecule has 1 aromatic rings. The molecule has 2 aliphatic heterocycles. The number of benzene rings is 1. The lowest BCUT2D eigenvalue weighted by Crippen LogP contribution is -2.37. The summed E-state index contributed by atoms with van der Waals surface area (Å²) in [5, 5.41) is 6.25. The van der Waals surface area contributed by atoms with E-state index in [0.717, 1.165) is 37.1 Å². The van der Waals surface area contributed by atoms with E-state index in [1.807, 2.05) is 17.0 Å². The van der Waals surface area contributed by atoms with Gasteiger partial charge in [0.05, 0.1) is 11.3 Å². The van der Waals surface area contributed by atoms with Crippen LogP contribution in [-0.2, 0) is 11.2 Å². The van der Waals surface area contributed by atoms with Crippen molar-refractivity contribution in [1.82, 2.24) is 10.2 Å². The normalized spacial score (nSPS) is 20.6. The van der Waals surface area contributed by atoms with Gasteiger partial charge in [0.2, 0.25) is 5.91 Å². The van der Waals surface area contributed by atoms with Crippen LogP contribution in [0.2, 0.25) is 0 Å². The highest BCUT2D eigenvalue weighted by Crippen LogP contribution is 2.28. The standard InChI is InChI=1S/C16H21N3O2/c1-11(20)18-13-7-9-19(10-13)16(21)14-6-2-4-12-5-3-8-17-15(12)14/h2,4,6,13,17H,3,5,7-10H2,1H3,(H,18,20). The lowest BCUT2D eigenvalue weighted by molar-refractivity contribution is -0.119. The fourth-order valence-corrected chi connectivity index (χ4v) is 3.21. The number of likely N-dealkylation sites (tertiary alicyclic amines) is 1. The first-order valence-electron chi connectivity index (χ1n) is 7.57. The third-order valence-corrected chi connectivity index (χ3v) is 4.19. The molecule has 1 saturated heterocycles. The molecule has 3 rings (SSSR count). The van der Waals surface area contributed by atoms with Crippen molar-refractivity contribution in [3.8, 4) is 0 Å². The van der Waals surface area contributed by atoms with Gasteiger partial charge >= 0.3 is 0 Å². The second kappa shape index (κ2) is 5.76. The van der Waals surface area contributed by atoms with Gasteiger partial charge < -0.3 is 15.5 Å². The molecule has 2 heterocycles. The Morgan fingerprint density at radius 2 is 2.24 bits per heavy atom. The van der Waals surface area contributed by atoms with E-state index in [4.69, 9.17) is 0 Å². The van der Waals surface area contributed by atoms with Crippen molar-refractivity contribution in [2.75, 3.05) is 25.0 Å². The summed E-state index contributed by atoms with van der Waals surface area (Å²) in [7, 11) is 0. The Kier molecular flexibility index (Phi) is 3.82. The fraction of sp³-hybridized carbons (Fsp3) is 0.500. The van der Waals surface area contributed by atoms with Crippen molar-refractivity contribution >= 4 is 17.5 Å². The molecule has 0 saturated carbocycles. The molecule has 1 aromatic carbocycles. The van der Waals surface area contributed by atoms with Crippen LogP contribution in [0.5, 0.6) is 0 Å². The van der Waals surface area contributed by atoms with E-state index in [-0.39, 0.29) is 17.9 Å². The third-order valence-electron chi connectivity index (χ3n) is 4.19.